The highest BCUT2D eigenvalue weighted by molar-refractivity contribution is 7.80. The number of carbonyl (C=O) groups excluding carboxylic acids is 2. The van der Waals surface area contributed by atoms with E-state index in [2.05, 4.69) is 16.2 Å². The molecule has 2 aromatic carbocycles. The minimum Gasteiger partial charge on any atom is -0.494 e. The van der Waals surface area contributed by atoms with Crippen LogP contribution in [0, 0.1) is 13.8 Å². The van der Waals surface area contributed by atoms with Crippen molar-refractivity contribution in [3.8, 4) is 11.5 Å². The number of ether oxygens (including phenoxy) is 2. The summed E-state index contributed by atoms with van der Waals surface area (Å²) in [6.07, 6.45) is 2.99. The molecule has 0 aromatic heterocycles. The molecule has 0 heterocycles. The predicted molar refractivity (Wildman–Crippen MR) is 120 cm³/mol. The van der Waals surface area contributed by atoms with Gasteiger partial charge in [-0.2, -0.15) is 0 Å². The summed E-state index contributed by atoms with van der Waals surface area (Å²) in [5, 5.41) is 2.41. The van der Waals surface area contributed by atoms with Crippen molar-refractivity contribution in [3.05, 3.63) is 65.2 Å². The minimum atomic E-state index is -0.431. The van der Waals surface area contributed by atoms with Crippen LogP contribution in [0.3, 0.4) is 0 Å². The van der Waals surface area contributed by atoms with Gasteiger partial charge in [0.1, 0.15) is 11.5 Å². The molecule has 0 aliphatic rings. The molecule has 0 aliphatic heterocycles. The second kappa shape index (κ2) is 11.6. The number of hydrazine groups is 1. The van der Waals surface area contributed by atoms with E-state index in [1.54, 1.807) is 6.08 Å². The number of rotatable bonds is 7. The van der Waals surface area contributed by atoms with Gasteiger partial charge in [0.15, 0.2) is 11.7 Å². The topological polar surface area (TPSA) is 88.7 Å². The van der Waals surface area contributed by atoms with Crippen LogP contribution >= 0.6 is 12.2 Å². The van der Waals surface area contributed by atoms with Gasteiger partial charge in [-0.3, -0.25) is 25.8 Å². The molecular weight excluding hydrogens is 402 g/mol. The third-order valence-corrected chi connectivity index (χ3v) is 4.13. The summed E-state index contributed by atoms with van der Waals surface area (Å²) in [6.45, 7) is 6.13. The smallest absolute Gasteiger partial charge is 0.276 e. The Balaban J connectivity index is 1.72. The quantitative estimate of drug-likeness (QED) is 0.358. The molecule has 2 aromatic rings. The fourth-order valence-corrected chi connectivity index (χ4v) is 2.68. The molecule has 158 valence electrons. The van der Waals surface area contributed by atoms with Gasteiger partial charge in [-0.1, -0.05) is 30.3 Å². The molecule has 8 heteroatoms. The third kappa shape index (κ3) is 7.56. The van der Waals surface area contributed by atoms with Gasteiger partial charge in [-0.15, -0.1) is 0 Å². The maximum Gasteiger partial charge on any atom is 0.276 e. The SMILES string of the molecule is CCOc1ccc(/C=C/C(=O)NC(=S)NNC(=O)COc2c(C)cccc2C)cc1. The molecule has 0 saturated heterocycles. The van der Waals surface area contributed by atoms with Crippen LogP contribution in [0.2, 0.25) is 0 Å². The van der Waals surface area contributed by atoms with E-state index in [4.69, 9.17) is 21.7 Å². The van der Waals surface area contributed by atoms with Crippen LogP contribution in [0.5, 0.6) is 11.5 Å². The molecule has 0 fully saturated rings. The molecular formula is C22H25N3O4S. The van der Waals surface area contributed by atoms with Gasteiger partial charge in [0.2, 0.25) is 5.91 Å². The number of nitrogens with one attached hydrogen (secondary N) is 3. The first kappa shape index (κ1) is 22.9. The van der Waals surface area contributed by atoms with E-state index in [-0.39, 0.29) is 11.7 Å². The number of thiocarbonyl (C=S) groups is 1. The van der Waals surface area contributed by atoms with Crippen molar-refractivity contribution in [1.82, 2.24) is 16.2 Å². The number of hydrogen-bond acceptors (Lipinski definition) is 5. The zero-order chi connectivity index (χ0) is 21.9. The van der Waals surface area contributed by atoms with Gasteiger partial charge in [-0.05, 0) is 67.9 Å². The Morgan fingerprint density at radius 1 is 1.00 bits per heavy atom. The molecule has 3 N–H and O–H groups in total. The summed E-state index contributed by atoms with van der Waals surface area (Å²) >= 11 is 5.00. The summed E-state index contributed by atoms with van der Waals surface area (Å²) < 4.78 is 10.9. The van der Waals surface area contributed by atoms with Crippen molar-refractivity contribution in [1.29, 1.82) is 0 Å². The number of carbonyl (C=O) groups is 2. The number of amides is 2. The summed E-state index contributed by atoms with van der Waals surface area (Å²) in [6, 6.07) is 13.1. The molecule has 7 nitrogen and oxygen atoms in total. The van der Waals surface area contributed by atoms with E-state index in [0.29, 0.717) is 12.4 Å². The van der Waals surface area contributed by atoms with E-state index < -0.39 is 11.8 Å². The molecule has 0 aliphatic carbocycles. The van der Waals surface area contributed by atoms with Crippen molar-refractivity contribution in [2.45, 2.75) is 20.8 Å². The number of para-hydroxylation sites is 1. The van der Waals surface area contributed by atoms with Crippen molar-refractivity contribution in [3.63, 3.8) is 0 Å². The Hall–Kier alpha value is -3.39. The standard InChI is InChI=1S/C22H25N3O4S/c1-4-28-18-11-8-17(9-12-18)10-13-19(26)23-22(30)25-24-20(27)14-29-21-15(2)6-5-7-16(21)3/h5-13H,4,14H2,1-3H3,(H,24,27)(H2,23,25,26,30)/b13-10+. The van der Waals surface area contributed by atoms with Gasteiger partial charge >= 0.3 is 0 Å². The predicted octanol–water partition coefficient (Wildman–Crippen LogP) is 2.82. The van der Waals surface area contributed by atoms with Crippen molar-refractivity contribution >= 4 is 35.2 Å². The molecule has 0 saturated carbocycles. The second-order valence-electron chi connectivity index (χ2n) is 6.34. The molecule has 2 amide bonds. The zero-order valence-corrected chi connectivity index (χ0v) is 18.0. The maximum atomic E-state index is 11.9. The van der Waals surface area contributed by atoms with Gasteiger partial charge in [0.05, 0.1) is 6.61 Å². The highest BCUT2D eigenvalue weighted by Crippen LogP contribution is 2.21. The zero-order valence-electron chi connectivity index (χ0n) is 17.2. The summed E-state index contributed by atoms with van der Waals surface area (Å²) in [4.78, 5) is 23.9. The molecule has 0 unspecified atom stereocenters. The Bertz CT molecular complexity index is 906. The molecule has 0 bridgehead atoms. The molecule has 0 radical (unpaired) electrons. The molecule has 0 atom stereocenters. The van der Waals surface area contributed by atoms with Gasteiger partial charge in [0.25, 0.3) is 5.91 Å². The van der Waals surface area contributed by atoms with Crippen LogP contribution < -0.4 is 25.6 Å². The highest BCUT2D eigenvalue weighted by atomic mass is 32.1. The first-order valence-electron chi connectivity index (χ1n) is 9.38. The molecule has 30 heavy (non-hydrogen) atoms. The normalized spacial score (nSPS) is 10.4. The molecule has 2 rings (SSSR count). The van der Waals surface area contributed by atoms with E-state index >= 15 is 0 Å². The largest absolute Gasteiger partial charge is 0.494 e. The lowest BCUT2D eigenvalue weighted by Gasteiger charge is -2.13. The lowest BCUT2D eigenvalue weighted by molar-refractivity contribution is -0.123. The molecule has 0 spiro atoms. The van der Waals surface area contributed by atoms with Crippen LogP contribution in [0.1, 0.15) is 23.6 Å². The van der Waals surface area contributed by atoms with Crippen LogP contribution in [0.4, 0.5) is 0 Å². The Morgan fingerprint density at radius 2 is 1.67 bits per heavy atom. The summed E-state index contributed by atoms with van der Waals surface area (Å²) in [5.74, 6) is 0.575. The van der Waals surface area contributed by atoms with Crippen molar-refractivity contribution in [2.75, 3.05) is 13.2 Å². The van der Waals surface area contributed by atoms with E-state index in [1.807, 2.05) is 63.2 Å². The van der Waals surface area contributed by atoms with E-state index in [9.17, 15) is 9.59 Å². The monoisotopic (exact) mass is 427 g/mol. The fraction of sp³-hybridized carbons (Fsp3) is 0.227. The first-order valence-corrected chi connectivity index (χ1v) is 9.79. The Kier molecular flexibility index (Phi) is 8.83. The highest BCUT2D eigenvalue weighted by Gasteiger charge is 2.08. The Morgan fingerprint density at radius 3 is 2.30 bits per heavy atom. The lowest BCUT2D eigenvalue weighted by Crippen LogP contribution is -2.49. The van der Waals surface area contributed by atoms with Crippen molar-refractivity contribution in [2.24, 2.45) is 0 Å². The lowest BCUT2D eigenvalue weighted by atomic mass is 10.1. The van der Waals surface area contributed by atoms with Crippen LogP contribution in [0.25, 0.3) is 6.08 Å². The average Bonchev–Trinajstić information content (AvgIpc) is 2.71. The summed E-state index contributed by atoms with van der Waals surface area (Å²) in [5.41, 5.74) is 7.57. The first-order chi connectivity index (χ1) is 14.4. The van der Waals surface area contributed by atoms with Gasteiger partial charge in [0, 0.05) is 6.08 Å². The minimum absolute atomic E-state index is 0.0308. The van der Waals surface area contributed by atoms with Crippen molar-refractivity contribution < 1.29 is 19.1 Å². The Labute approximate surface area is 181 Å². The third-order valence-electron chi connectivity index (χ3n) is 3.93. The number of aryl methyl sites for hydroxylation is 2. The van der Waals surface area contributed by atoms with Crippen LogP contribution in [-0.4, -0.2) is 30.1 Å². The van der Waals surface area contributed by atoms with Crippen LogP contribution in [-0.2, 0) is 9.59 Å². The van der Waals surface area contributed by atoms with Gasteiger partial charge in [-0.25, -0.2) is 0 Å². The van der Waals surface area contributed by atoms with E-state index in [1.165, 1.54) is 6.08 Å². The van der Waals surface area contributed by atoms with Crippen LogP contribution in [0.15, 0.2) is 48.5 Å². The van der Waals surface area contributed by atoms with E-state index in [0.717, 1.165) is 22.4 Å². The number of hydrogen-bond donors (Lipinski definition) is 3. The maximum absolute atomic E-state index is 11.9. The average molecular weight is 428 g/mol. The summed E-state index contributed by atoms with van der Waals surface area (Å²) in [7, 11) is 0. The second-order valence-corrected chi connectivity index (χ2v) is 6.74. The fourth-order valence-electron chi connectivity index (χ4n) is 2.53. The van der Waals surface area contributed by atoms with Gasteiger partial charge < -0.3 is 9.47 Å². The number of benzene rings is 2.